The number of nitrogens with two attached hydrogens (primary N) is 1. The first-order valence-corrected chi connectivity index (χ1v) is 5.50. The molecule has 8 heteroatoms. The van der Waals surface area contributed by atoms with E-state index in [9.17, 15) is 24.0 Å². The Morgan fingerprint density at radius 2 is 1.89 bits per heavy atom. The lowest BCUT2D eigenvalue weighted by molar-refractivity contribution is -0.137. The van der Waals surface area contributed by atoms with Crippen LogP contribution >= 0.6 is 0 Å². The van der Waals surface area contributed by atoms with Gasteiger partial charge in [0.1, 0.15) is 6.29 Å². The molecule has 1 aliphatic heterocycles. The van der Waals surface area contributed by atoms with Crippen LogP contribution < -0.4 is 11.1 Å². The fourth-order valence-corrected chi connectivity index (χ4v) is 1.49. The van der Waals surface area contributed by atoms with Crippen molar-refractivity contribution in [2.24, 2.45) is 5.73 Å². The zero-order valence-electron chi connectivity index (χ0n) is 10.00. The molecule has 4 amide bonds. The van der Waals surface area contributed by atoms with Gasteiger partial charge in [0.05, 0.1) is 12.5 Å². The maximum atomic E-state index is 11.5. The standard InChI is InChI=1S/C11H13N3O5/c12-8(16)5-7(6-15)13-9(17)3-4-14-10(18)1-2-11(14)19/h1-2,6-7H,3-5H2,(H2,12,16)(H,13,17). The lowest BCUT2D eigenvalue weighted by Gasteiger charge is -2.15. The predicted molar refractivity (Wildman–Crippen MR) is 62.3 cm³/mol. The highest BCUT2D eigenvalue weighted by Gasteiger charge is 2.24. The Balaban J connectivity index is 2.39. The van der Waals surface area contributed by atoms with Crippen LogP contribution in [0.2, 0.25) is 0 Å². The van der Waals surface area contributed by atoms with Gasteiger partial charge in [-0.3, -0.25) is 24.1 Å². The number of imide groups is 1. The summed E-state index contributed by atoms with van der Waals surface area (Å²) >= 11 is 0. The highest BCUT2D eigenvalue weighted by atomic mass is 16.2. The minimum atomic E-state index is -0.992. The van der Waals surface area contributed by atoms with E-state index in [4.69, 9.17) is 5.73 Å². The van der Waals surface area contributed by atoms with E-state index >= 15 is 0 Å². The normalized spacial score (nSPS) is 15.5. The summed E-state index contributed by atoms with van der Waals surface area (Å²) < 4.78 is 0. The van der Waals surface area contributed by atoms with Crippen molar-refractivity contribution in [3.8, 4) is 0 Å². The number of hydrogen-bond acceptors (Lipinski definition) is 5. The van der Waals surface area contributed by atoms with E-state index in [0.29, 0.717) is 6.29 Å². The maximum Gasteiger partial charge on any atom is 0.253 e. The fraction of sp³-hybridized carbons (Fsp3) is 0.364. The van der Waals surface area contributed by atoms with Crippen LogP contribution in [0.5, 0.6) is 0 Å². The monoisotopic (exact) mass is 267 g/mol. The minimum Gasteiger partial charge on any atom is -0.370 e. The zero-order valence-corrected chi connectivity index (χ0v) is 10.00. The molecule has 1 aliphatic rings. The third-order valence-corrected chi connectivity index (χ3v) is 2.39. The highest BCUT2D eigenvalue weighted by Crippen LogP contribution is 2.04. The van der Waals surface area contributed by atoms with Gasteiger partial charge in [-0.15, -0.1) is 0 Å². The van der Waals surface area contributed by atoms with E-state index in [1.54, 1.807) is 0 Å². The Labute approximate surface area is 108 Å². The molecule has 0 aromatic carbocycles. The molecular formula is C11H13N3O5. The van der Waals surface area contributed by atoms with Crippen LogP contribution in [0, 0.1) is 0 Å². The quantitative estimate of drug-likeness (QED) is 0.402. The topological polar surface area (TPSA) is 127 Å². The molecule has 1 unspecified atom stereocenters. The Bertz CT molecular complexity index is 439. The molecule has 0 radical (unpaired) electrons. The van der Waals surface area contributed by atoms with Crippen LogP contribution in [-0.2, 0) is 24.0 Å². The smallest absolute Gasteiger partial charge is 0.253 e. The minimum absolute atomic E-state index is 0.0847. The number of rotatable bonds is 7. The number of carbonyl (C=O) groups excluding carboxylic acids is 5. The van der Waals surface area contributed by atoms with E-state index in [0.717, 1.165) is 17.1 Å². The summed E-state index contributed by atoms with van der Waals surface area (Å²) in [5.41, 5.74) is 4.90. The van der Waals surface area contributed by atoms with Gasteiger partial charge in [0.15, 0.2) is 0 Å². The first kappa shape index (κ1) is 14.6. The van der Waals surface area contributed by atoms with Gasteiger partial charge < -0.3 is 15.8 Å². The Morgan fingerprint density at radius 1 is 1.32 bits per heavy atom. The first-order valence-electron chi connectivity index (χ1n) is 5.50. The van der Waals surface area contributed by atoms with Crippen LogP contribution in [0.4, 0.5) is 0 Å². The molecule has 0 bridgehead atoms. The number of nitrogens with zero attached hydrogens (tertiary/aromatic N) is 1. The van der Waals surface area contributed by atoms with Crippen LogP contribution in [0.3, 0.4) is 0 Å². The molecule has 0 saturated carbocycles. The summed E-state index contributed by atoms with van der Waals surface area (Å²) in [5, 5.41) is 2.27. The maximum absolute atomic E-state index is 11.5. The Morgan fingerprint density at radius 3 is 2.37 bits per heavy atom. The van der Waals surface area contributed by atoms with Crippen LogP contribution in [0.1, 0.15) is 12.8 Å². The van der Waals surface area contributed by atoms with E-state index in [1.807, 2.05) is 0 Å². The van der Waals surface area contributed by atoms with Gasteiger partial charge in [-0.05, 0) is 0 Å². The summed E-state index contributed by atoms with van der Waals surface area (Å²) in [6.45, 7) is -0.0847. The SMILES string of the molecule is NC(=O)CC(C=O)NC(=O)CCN1C(=O)C=CC1=O. The molecule has 0 aromatic heterocycles. The molecule has 1 rings (SSSR count). The summed E-state index contributed by atoms with van der Waals surface area (Å²) in [6.07, 6.45) is 2.18. The Kier molecular flexibility index (Phi) is 4.92. The zero-order chi connectivity index (χ0) is 14.4. The van der Waals surface area contributed by atoms with Crippen molar-refractivity contribution < 1.29 is 24.0 Å². The van der Waals surface area contributed by atoms with E-state index < -0.39 is 29.7 Å². The van der Waals surface area contributed by atoms with E-state index in [1.165, 1.54) is 0 Å². The average Bonchev–Trinajstić information content (AvgIpc) is 2.65. The third-order valence-electron chi connectivity index (χ3n) is 2.39. The largest absolute Gasteiger partial charge is 0.370 e. The average molecular weight is 267 g/mol. The lowest BCUT2D eigenvalue weighted by atomic mass is 10.2. The molecule has 19 heavy (non-hydrogen) atoms. The molecule has 0 spiro atoms. The van der Waals surface area contributed by atoms with Crippen molar-refractivity contribution >= 4 is 29.9 Å². The van der Waals surface area contributed by atoms with Crippen LogP contribution in [0.25, 0.3) is 0 Å². The van der Waals surface area contributed by atoms with Crippen molar-refractivity contribution in [3.05, 3.63) is 12.2 Å². The number of carbonyl (C=O) groups is 5. The molecule has 3 N–H and O–H groups in total. The predicted octanol–water partition coefficient (Wildman–Crippen LogP) is -2.14. The van der Waals surface area contributed by atoms with Gasteiger partial charge in [0, 0.05) is 25.1 Å². The molecule has 1 atom stereocenters. The van der Waals surface area contributed by atoms with Gasteiger partial charge in [0.2, 0.25) is 11.8 Å². The summed E-state index contributed by atoms with van der Waals surface area (Å²) in [5.74, 6) is -2.24. The van der Waals surface area contributed by atoms with Gasteiger partial charge in [-0.1, -0.05) is 0 Å². The highest BCUT2D eigenvalue weighted by molar-refractivity contribution is 6.13. The van der Waals surface area contributed by atoms with Crippen LogP contribution in [-0.4, -0.2) is 47.4 Å². The van der Waals surface area contributed by atoms with Crippen molar-refractivity contribution in [3.63, 3.8) is 0 Å². The summed E-state index contributed by atoms with van der Waals surface area (Å²) in [7, 11) is 0. The second-order valence-corrected chi connectivity index (χ2v) is 3.89. The van der Waals surface area contributed by atoms with Crippen molar-refractivity contribution in [1.82, 2.24) is 10.2 Å². The number of primary amides is 1. The van der Waals surface area contributed by atoms with E-state index in [2.05, 4.69) is 5.32 Å². The lowest BCUT2D eigenvalue weighted by Crippen LogP contribution is -2.41. The number of aldehydes is 1. The first-order chi connectivity index (χ1) is 8.93. The number of hydrogen-bond donors (Lipinski definition) is 2. The molecule has 1 heterocycles. The van der Waals surface area contributed by atoms with Gasteiger partial charge in [-0.25, -0.2) is 0 Å². The van der Waals surface area contributed by atoms with Gasteiger partial charge in [-0.2, -0.15) is 0 Å². The van der Waals surface area contributed by atoms with Gasteiger partial charge >= 0.3 is 0 Å². The molecule has 102 valence electrons. The summed E-state index contributed by atoms with van der Waals surface area (Å²) in [6, 6.07) is -0.992. The van der Waals surface area contributed by atoms with E-state index in [-0.39, 0.29) is 19.4 Å². The molecule has 0 aromatic rings. The Hall–Kier alpha value is -2.51. The molecular weight excluding hydrogens is 254 g/mol. The third kappa shape index (κ3) is 4.34. The molecule has 0 fully saturated rings. The number of nitrogens with one attached hydrogen (secondary N) is 1. The van der Waals surface area contributed by atoms with Gasteiger partial charge in [0.25, 0.3) is 11.8 Å². The van der Waals surface area contributed by atoms with Crippen LogP contribution in [0.15, 0.2) is 12.2 Å². The second-order valence-electron chi connectivity index (χ2n) is 3.89. The van der Waals surface area contributed by atoms with Crippen molar-refractivity contribution in [2.45, 2.75) is 18.9 Å². The van der Waals surface area contributed by atoms with Crippen molar-refractivity contribution in [2.75, 3.05) is 6.54 Å². The number of amides is 4. The molecule has 0 aliphatic carbocycles. The molecule has 8 nitrogen and oxygen atoms in total. The molecule has 0 saturated heterocycles. The second kappa shape index (κ2) is 6.43. The summed E-state index contributed by atoms with van der Waals surface area (Å²) in [4.78, 5) is 56.0. The van der Waals surface area contributed by atoms with Crippen molar-refractivity contribution in [1.29, 1.82) is 0 Å². The fourth-order valence-electron chi connectivity index (χ4n) is 1.49.